The van der Waals surface area contributed by atoms with E-state index < -0.39 is 29.4 Å². The molecule has 10 heteroatoms. The molecule has 4 rings (SSSR count). The van der Waals surface area contributed by atoms with Crippen molar-refractivity contribution in [3.8, 4) is 11.5 Å². The highest BCUT2D eigenvalue weighted by Crippen LogP contribution is 2.26. The molecule has 202 valence electrons. The van der Waals surface area contributed by atoms with Gasteiger partial charge in [-0.2, -0.15) is 0 Å². The number of benzene rings is 3. The molecule has 1 aliphatic heterocycles. The van der Waals surface area contributed by atoms with Crippen LogP contribution in [0, 0.1) is 0 Å². The zero-order valence-corrected chi connectivity index (χ0v) is 21.2. The molecule has 1 amide bonds. The largest absolute Gasteiger partial charge is 0.508 e. The highest BCUT2D eigenvalue weighted by Gasteiger charge is 2.24. The van der Waals surface area contributed by atoms with Crippen molar-refractivity contribution in [2.24, 2.45) is 4.99 Å². The average molecular weight is 541 g/mol. The first kappa shape index (κ1) is 27.5. The van der Waals surface area contributed by atoms with Gasteiger partial charge in [0.1, 0.15) is 17.2 Å². The summed E-state index contributed by atoms with van der Waals surface area (Å²) in [5.74, 6) is -3.74. The molecule has 0 unspecified atom stereocenters. The highest BCUT2D eigenvalue weighted by atomic mass is 16.5. The Labute approximate surface area is 228 Å². The summed E-state index contributed by atoms with van der Waals surface area (Å²) in [5.41, 5.74) is 0.405. The molecular weight excluding hydrogens is 516 g/mol. The van der Waals surface area contributed by atoms with Gasteiger partial charge < -0.3 is 25.4 Å². The molecular formula is C30H24N2O8. The summed E-state index contributed by atoms with van der Waals surface area (Å²) in [6.07, 6.45) is 3.99. The third-order valence-corrected chi connectivity index (χ3v) is 5.98. The molecule has 0 fully saturated rings. The summed E-state index contributed by atoms with van der Waals surface area (Å²) >= 11 is 0. The van der Waals surface area contributed by atoms with Crippen LogP contribution in [0.3, 0.4) is 0 Å². The molecule has 0 bridgehead atoms. The molecule has 3 aromatic carbocycles. The van der Waals surface area contributed by atoms with E-state index in [0.29, 0.717) is 18.5 Å². The topological polar surface area (TPSA) is 163 Å². The van der Waals surface area contributed by atoms with Crippen molar-refractivity contribution in [1.29, 1.82) is 0 Å². The number of aromatic hydroxyl groups is 2. The predicted molar refractivity (Wildman–Crippen MR) is 144 cm³/mol. The van der Waals surface area contributed by atoms with Crippen LogP contribution in [0.5, 0.6) is 11.5 Å². The van der Waals surface area contributed by atoms with Crippen LogP contribution in [0.2, 0.25) is 0 Å². The summed E-state index contributed by atoms with van der Waals surface area (Å²) in [6, 6.07) is 14.7. The lowest BCUT2D eigenvalue weighted by Gasteiger charge is -2.16. The molecule has 0 radical (unpaired) electrons. The molecule has 0 aliphatic carbocycles. The minimum absolute atomic E-state index is 0.00853. The van der Waals surface area contributed by atoms with Crippen LogP contribution in [0.15, 0.2) is 95.0 Å². The molecule has 0 atom stereocenters. The maximum atomic E-state index is 13.0. The van der Waals surface area contributed by atoms with Gasteiger partial charge >= 0.3 is 11.9 Å². The molecule has 0 saturated carbocycles. The van der Waals surface area contributed by atoms with Crippen molar-refractivity contribution in [3.63, 3.8) is 0 Å². The number of carboxylic acid groups (broad SMARTS) is 1. The molecule has 0 spiro atoms. The molecule has 10 nitrogen and oxygen atoms in total. The molecule has 4 N–H and O–H groups in total. The zero-order chi connectivity index (χ0) is 28.8. The Balaban J connectivity index is 1.56. The normalized spacial score (nSPS) is 12.8. The number of hydrogen-bond donors (Lipinski definition) is 4. The number of aromatic carboxylic acids is 1. The van der Waals surface area contributed by atoms with Crippen molar-refractivity contribution in [2.45, 2.75) is 19.8 Å². The Kier molecular flexibility index (Phi) is 8.19. The van der Waals surface area contributed by atoms with E-state index in [1.807, 2.05) is 6.92 Å². The monoisotopic (exact) mass is 540 g/mol. The average Bonchev–Trinajstić information content (AvgIpc) is 3.14. The third kappa shape index (κ3) is 5.97. The van der Waals surface area contributed by atoms with E-state index in [4.69, 9.17) is 4.74 Å². The fourth-order valence-corrected chi connectivity index (χ4v) is 3.94. The predicted octanol–water partition coefficient (Wildman–Crippen LogP) is 4.59. The lowest BCUT2D eigenvalue weighted by Crippen LogP contribution is -2.26. The number of aliphatic imine (C=N–C) groups is 1. The SMILES string of the molecule is CCC1=C(NC(=O)c2ccc(O)cc2)C(OC(=O)c2ccc(C(=O)c3c(O)cccc3C(=O)O)cc2)=CCC=N1. The van der Waals surface area contributed by atoms with E-state index in [1.54, 1.807) is 12.3 Å². The Morgan fingerprint density at radius 3 is 2.20 bits per heavy atom. The molecule has 0 saturated heterocycles. The van der Waals surface area contributed by atoms with E-state index in [0.717, 1.165) is 0 Å². The second-order valence-electron chi connectivity index (χ2n) is 8.59. The number of hydrogen-bond acceptors (Lipinski definition) is 8. The Hall–Kier alpha value is -5.51. The number of nitrogens with zero attached hydrogens (tertiary/aromatic N) is 1. The number of amides is 1. The van der Waals surface area contributed by atoms with Gasteiger partial charge in [0.05, 0.1) is 22.4 Å². The number of ether oxygens (including phenoxy) is 1. The molecule has 3 aromatic rings. The smallest absolute Gasteiger partial charge is 0.343 e. The van der Waals surface area contributed by atoms with Gasteiger partial charge in [-0.1, -0.05) is 25.1 Å². The molecule has 0 aromatic heterocycles. The fourth-order valence-electron chi connectivity index (χ4n) is 3.94. The van der Waals surface area contributed by atoms with Crippen LogP contribution >= 0.6 is 0 Å². The second kappa shape index (κ2) is 11.9. The van der Waals surface area contributed by atoms with E-state index in [-0.39, 0.29) is 45.0 Å². The first-order chi connectivity index (χ1) is 19.2. The van der Waals surface area contributed by atoms with Gasteiger partial charge in [-0.05, 0) is 61.0 Å². The maximum absolute atomic E-state index is 13.0. The van der Waals surface area contributed by atoms with Gasteiger partial charge in [-0.15, -0.1) is 0 Å². The number of phenols is 2. The maximum Gasteiger partial charge on any atom is 0.343 e. The molecule has 40 heavy (non-hydrogen) atoms. The highest BCUT2D eigenvalue weighted by molar-refractivity contribution is 6.16. The van der Waals surface area contributed by atoms with E-state index >= 15 is 0 Å². The summed E-state index contributed by atoms with van der Waals surface area (Å²) in [5, 5.41) is 31.7. The van der Waals surface area contributed by atoms with Crippen molar-refractivity contribution in [1.82, 2.24) is 5.32 Å². The Morgan fingerprint density at radius 1 is 0.900 bits per heavy atom. The van der Waals surface area contributed by atoms with Crippen LogP contribution in [-0.2, 0) is 4.74 Å². The van der Waals surface area contributed by atoms with Gasteiger partial charge in [0.15, 0.2) is 11.5 Å². The van der Waals surface area contributed by atoms with Crippen molar-refractivity contribution < 1.29 is 39.2 Å². The Bertz CT molecular complexity index is 1580. The van der Waals surface area contributed by atoms with Gasteiger partial charge in [0.2, 0.25) is 0 Å². The number of esters is 1. The standard InChI is InChI=1S/C30H24N2O8/c1-2-22-26(32-28(36)18-12-14-20(33)15-13-18)24(7-4-16-31-22)40-30(39)19-10-8-17(9-11-19)27(35)25-21(29(37)38)5-3-6-23(25)34/h3,5-16,33-34H,2,4H2,1H3,(H,32,36)(H,37,38). The lowest BCUT2D eigenvalue weighted by atomic mass is 9.96. The Morgan fingerprint density at radius 2 is 1.55 bits per heavy atom. The molecule has 1 aliphatic rings. The van der Waals surface area contributed by atoms with Gasteiger partial charge in [0, 0.05) is 23.8 Å². The number of ketones is 1. The second-order valence-corrected chi connectivity index (χ2v) is 8.59. The first-order valence-electron chi connectivity index (χ1n) is 12.2. The van der Waals surface area contributed by atoms with Gasteiger partial charge in [0.25, 0.3) is 5.91 Å². The van der Waals surface area contributed by atoms with E-state index in [9.17, 15) is 34.5 Å². The van der Waals surface area contributed by atoms with Gasteiger partial charge in [-0.3, -0.25) is 14.6 Å². The van der Waals surface area contributed by atoms with Crippen LogP contribution in [0.4, 0.5) is 0 Å². The summed E-state index contributed by atoms with van der Waals surface area (Å²) in [4.78, 5) is 54.7. The quantitative estimate of drug-likeness (QED) is 0.238. The van der Waals surface area contributed by atoms with Crippen LogP contribution in [0.25, 0.3) is 0 Å². The third-order valence-electron chi connectivity index (χ3n) is 5.98. The number of carbonyl (C=O) groups is 4. The first-order valence-corrected chi connectivity index (χ1v) is 12.2. The fraction of sp³-hybridized carbons (Fsp3) is 0.100. The summed E-state index contributed by atoms with van der Waals surface area (Å²) < 4.78 is 5.64. The summed E-state index contributed by atoms with van der Waals surface area (Å²) in [7, 11) is 0. The zero-order valence-electron chi connectivity index (χ0n) is 21.2. The van der Waals surface area contributed by atoms with Crippen molar-refractivity contribution in [3.05, 3.63) is 118 Å². The van der Waals surface area contributed by atoms with E-state index in [2.05, 4.69) is 10.3 Å². The lowest BCUT2D eigenvalue weighted by molar-refractivity contribution is 0.0624. The van der Waals surface area contributed by atoms with Crippen LogP contribution in [0.1, 0.15) is 66.8 Å². The van der Waals surface area contributed by atoms with Crippen LogP contribution < -0.4 is 5.32 Å². The number of rotatable bonds is 8. The number of allylic oxidation sites excluding steroid dienone is 2. The minimum Gasteiger partial charge on any atom is -0.508 e. The van der Waals surface area contributed by atoms with Crippen molar-refractivity contribution >= 4 is 29.8 Å². The number of carboxylic acids is 1. The molecule has 1 heterocycles. The van der Waals surface area contributed by atoms with Gasteiger partial charge in [-0.25, -0.2) is 9.59 Å². The summed E-state index contributed by atoms with van der Waals surface area (Å²) in [6.45, 7) is 1.83. The number of nitrogens with one attached hydrogen (secondary N) is 1. The minimum atomic E-state index is -1.37. The number of carbonyl (C=O) groups excluding carboxylic acids is 3. The van der Waals surface area contributed by atoms with Crippen molar-refractivity contribution in [2.75, 3.05) is 0 Å². The number of phenolic OH excluding ortho intramolecular Hbond substituents is 2. The van der Waals surface area contributed by atoms with E-state index in [1.165, 1.54) is 66.7 Å². The van der Waals surface area contributed by atoms with Crippen LogP contribution in [-0.4, -0.2) is 45.2 Å².